The predicted molar refractivity (Wildman–Crippen MR) is 73.1 cm³/mol. The topological polar surface area (TPSA) is 75.1 Å². The van der Waals surface area contributed by atoms with Gasteiger partial charge in [-0.2, -0.15) is 0 Å². The lowest BCUT2D eigenvalue weighted by Gasteiger charge is -2.07. The van der Waals surface area contributed by atoms with Crippen molar-refractivity contribution in [3.05, 3.63) is 38.4 Å². The zero-order valence-corrected chi connectivity index (χ0v) is 11.9. The maximum absolute atomic E-state index is 11.1. The van der Waals surface area contributed by atoms with Crippen LogP contribution >= 0.6 is 27.3 Å². The summed E-state index contributed by atoms with van der Waals surface area (Å²) < 4.78 is 0.634. The Morgan fingerprint density at radius 3 is 3.00 bits per heavy atom. The second-order valence-electron chi connectivity index (χ2n) is 3.57. The second-order valence-corrected chi connectivity index (χ2v) is 5.54. The molecule has 2 aromatic rings. The Kier molecular flexibility index (Phi) is 3.93. The Morgan fingerprint density at radius 1 is 1.61 bits per heavy atom. The van der Waals surface area contributed by atoms with E-state index in [2.05, 4.69) is 31.2 Å². The highest BCUT2D eigenvalue weighted by atomic mass is 79.9. The smallest absolute Gasteiger partial charge is 0.339 e. The lowest BCUT2D eigenvalue weighted by Crippen LogP contribution is -2.08. The summed E-state index contributed by atoms with van der Waals surface area (Å²) >= 11 is 4.76. The number of carbonyl (C=O) groups is 1. The molecule has 2 rings (SSSR count). The van der Waals surface area contributed by atoms with Crippen molar-refractivity contribution in [3.63, 3.8) is 0 Å². The van der Waals surface area contributed by atoms with Gasteiger partial charge in [-0.15, -0.1) is 11.3 Å². The van der Waals surface area contributed by atoms with Gasteiger partial charge in [0.2, 0.25) is 0 Å². The number of aromatic nitrogens is 2. The molecule has 2 N–H and O–H groups in total. The number of hydrogen-bond donors (Lipinski definition) is 2. The van der Waals surface area contributed by atoms with Crippen LogP contribution in [0.25, 0.3) is 0 Å². The number of anilines is 1. The van der Waals surface area contributed by atoms with Gasteiger partial charge in [0.25, 0.3) is 0 Å². The molecule has 0 aromatic carbocycles. The number of rotatable bonds is 4. The first kappa shape index (κ1) is 13.0. The van der Waals surface area contributed by atoms with E-state index in [1.54, 1.807) is 17.5 Å². The van der Waals surface area contributed by atoms with Gasteiger partial charge in [0.05, 0.1) is 17.2 Å². The molecule has 0 bridgehead atoms. The zero-order chi connectivity index (χ0) is 13.1. The molecule has 94 valence electrons. The molecule has 2 heterocycles. The molecule has 0 amide bonds. The van der Waals surface area contributed by atoms with Crippen LogP contribution in [0, 0.1) is 6.92 Å². The largest absolute Gasteiger partial charge is 0.478 e. The third-order valence-corrected chi connectivity index (χ3v) is 3.44. The third-order valence-electron chi connectivity index (χ3n) is 2.19. The number of aromatic carboxylic acids is 1. The molecule has 0 aliphatic rings. The molecule has 0 fully saturated rings. The summed E-state index contributed by atoms with van der Waals surface area (Å²) in [4.78, 5) is 19.4. The summed E-state index contributed by atoms with van der Waals surface area (Å²) in [5.74, 6) is -0.669. The highest BCUT2D eigenvalue weighted by Crippen LogP contribution is 2.19. The van der Waals surface area contributed by atoms with E-state index >= 15 is 0 Å². The van der Waals surface area contributed by atoms with Crippen molar-refractivity contribution in [2.75, 3.05) is 5.32 Å². The van der Waals surface area contributed by atoms with E-state index in [0.29, 0.717) is 16.8 Å². The monoisotopic (exact) mass is 327 g/mol. The Bertz CT molecular complexity index is 585. The summed E-state index contributed by atoms with van der Waals surface area (Å²) in [7, 11) is 0. The van der Waals surface area contributed by atoms with E-state index in [9.17, 15) is 4.79 Å². The first-order valence-corrected chi connectivity index (χ1v) is 6.77. The number of carboxylic acid groups (broad SMARTS) is 1. The SMILES string of the molecule is Cc1nc(CNc2ncc(Br)cc2C(=O)O)cs1. The maximum atomic E-state index is 11.1. The normalized spacial score (nSPS) is 10.3. The molecule has 0 radical (unpaired) electrons. The van der Waals surface area contributed by atoms with Crippen molar-refractivity contribution < 1.29 is 9.90 Å². The Hall–Kier alpha value is -1.47. The zero-order valence-electron chi connectivity index (χ0n) is 9.48. The molecule has 0 unspecified atom stereocenters. The van der Waals surface area contributed by atoms with Crippen LogP contribution in [0.15, 0.2) is 22.1 Å². The van der Waals surface area contributed by atoms with Crippen molar-refractivity contribution in [1.82, 2.24) is 9.97 Å². The van der Waals surface area contributed by atoms with Crippen molar-refractivity contribution in [3.8, 4) is 0 Å². The second kappa shape index (κ2) is 5.45. The van der Waals surface area contributed by atoms with Gasteiger partial charge in [-0.3, -0.25) is 0 Å². The van der Waals surface area contributed by atoms with Gasteiger partial charge in [-0.1, -0.05) is 0 Å². The average Bonchev–Trinajstić information content (AvgIpc) is 2.73. The minimum atomic E-state index is -1.01. The van der Waals surface area contributed by atoms with Crippen LogP contribution in [0.3, 0.4) is 0 Å². The molecule has 0 atom stereocenters. The van der Waals surface area contributed by atoms with Gasteiger partial charge in [0.1, 0.15) is 11.4 Å². The predicted octanol–water partition coefficient (Wildman–Crippen LogP) is 2.92. The quantitative estimate of drug-likeness (QED) is 0.903. The first-order chi connectivity index (χ1) is 8.56. The van der Waals surface area contributed by atoms with E-state index in [-0.39, 0.29) is 5.56 Å². The molecule has 0 aliphatic heterocycles. The molecule has 18 heavy (non-hydrogen) atoms. The van der Waals surface area contributed by atoms with Crippen LogP contribution < -0.4 is 5.32 Å². The lowest BCUT2D eigenvalue weighted by molar-refractivity contribution is 0.0697. The molecule has 5 nitrogen and oxygen atoms in total. The van der Waals surface area contributed by atoms with Crippen molar-refractivity contribution in [1.29, 1.82) is 0 Å². The average molecular weight is 328 g/mol. The van der Waals surface area contributed by atoms with Crippen LogP contribution in [0.5, 0.6) is 0 Å². The van der Waals surface area contributed by atoms with Gasteiger partial charge >= 0.3 is 5.97 Å². The minimum Gasteiger partial charge on any atom is -0.478 e. The molecule has 0 aliphatic carbocycles. The lowest BCUT2D eigenvalue weighted by atomic mass is 10.2. The van der Waals surface area contributed by atoms with E-state index in [1.165, 1.54) is 6.07 Å². The molecule has 0 spiro atoms. The summed E-state index contributed by atoms with van der Waals surface area (Å²) in [5.41, 5.74) is 1.01. The minimum absolute atomic E-state index is 0.135. The number of aryl methyl sites for hydroxylation is 1. The number of halogens is 1. The number of nitrogens with zero attached hydrogens (tertiary/aromatic N) is 2. The molecule has 2 aromatic heterocycles. The summed E-state index contributed by atoms with van der Waals surface area (Å²) in [6.07, 6.45) is 1.56. The van der Waals surface area contributed by atoms with Crippen molar-refractivity contribution in [2.45, 2.75) is 13.5 Å². The third kappa shape index (κ3) is 3.05. The summed E-state index contributed by atoms with van der Waals surface area (Å²) in [5, 5.41) is 15.0. The standard InChI is InChI=1S/C11H10BrN3O2S/c1-6-15-8(5-18-6)4-14-10-9(11(16)17)2-7(12)3-13-10/h2-3,5H,4H2,1H3,(H,13,14)(H,16,17). The summed E-state index contributed by atoms with van der Waals surface area (Å²) in [6, 6.07) is 1.52. The van der Waals surface area contributed by atoms with Crippen LogP contribution in [0.4, 0.5) is 5.82 Å². The maximum Gasteiger partial charge on any atom is 0.339 e. The number of pyridine rings is 1. The highest BCUT2D eigenvalue weighted by Gasteiger charge is 2.12. The molecule has 0 saturated heterocycles. The van der Waals surface area contributed by atoms with Gasteiger partial charge in [-0.05, 0) is 28.9 Å². The van der Waals surface area contributed by atoms with Crippen LogP contribution in [-0.4, -0.2) is 21.0 Å². The number of thiazole rings is 1. The number of hydrogen-bond acceptors (Lipinski definition) is 5. The molecular weight excluding hydrogens is 318 g/mol. The fourth-order valence-corrected chi connectivity index (χ4v) is 2.35. The van der Waals surface area contributed by atoms with E-state index < -0.39 is 5.97 Å². The van der Waals surface area contributed by atoms with E-state index in [1.807, 2.05) is 12.3 Å². The molecular formula is C11H10BrN3O2S. The molecule has 0 saturated carbocycles. The van der Waals surface area contributed by atoms with Crippen LogP contribution in [0.1, 0.15) is 21.1 Å². The van der Waals surface area contributed by atoms with Crippen LogP contribution in [-0.2, 0) is 6.54 Å². The molecule has 7 heteroatoms. The fraction of sp³-hybridized carbons (Fsp3) is 0.182. The van der Waals surface area contributed by atoms with Gasteiger partial charge < -0.3 is 10.4 Å². The van der Waals surface area contributed by atoms with Crippen molar-refractivity contribution in [2.24, 2.45) is 0 Å². The number of nitrogens with one attached hydrogen (secondary N) is 1. The Morgan fingerprint density at radius 2 is 2.39 bits per heavy atom. The summed E-state index contributed by atoms with van der Waals surface area (Å²) in [6.45, 7) is 2.38. The van der Waals surface area contributed by atoms with Gasteiger partial charge in [-0.25, -0.2) is 14.8 Å². The van der Waals surface area contributed by atoms with Crippen LogP contribution in [0.2, 0.25) is 0 Å². The number of carboxylic acids is 1. The highest BCUT2D eigenvalue weighted by molar-refractivity contribution is 9.10. The van der Waals surface area contributed by atoms with E-state index in [0.717, 1.165) is 10.7 Å². The van der Waals surface area contributed by atoms with E-state index in [4.69, 9.17) is 5.11 Å². The Balaban J connectivity index is 2.16. The van der Waals surface area contributed by atoms with Crippen molar-refractivity contribution >= 4 is 39.1 Å². The van der Waals surface area contributed by atoms with Gasteiger partial charge in [0.15, 0.2) is 0 Å². The Labute approximate surface area is 116 Å². The fourth-order valence-electron chi connectivity index (χ4n) is 1.41. The first-order valence-electron chi connectivity index (χ1n) is 5.10. The van der Waals surface area contributed by atoms with Gasteiger partial charge in [0, 0.05) is 16.0 Å².